The van der Waals surface area contributed by atoms with Gasteiger partial charge in [-0.05, 0) is 19.1 Å². The van der Waals surface area contributed by atoms with Crippen molar-refractivity contribution < 1.29 is 4.42 Å². The van der Waals surface area contributed by atoms with Crippen LogP contribution in [0.5, 0.6) is 0 Å². The number of fused-ring (bicyclic) bond motifs is 1. The molecule has 22 heavy (non-hydrogen) atoms. The van der Waals surface area contributed by atoms with Crippen molar-refractivity contribution in [2.75, 3.05) is 6.54 Å². The van der Waals surface area contributed by atoms with Gasteiger partial charge in [-0.1, -0.05) is 0 Å². The minimum atomic E-state index is 0.674. The van der Waals surface area contributed by atoms with Crippen molar-refractivity contribution in [2.45, 2.75) is 26.4 Å². The molecule has 6 heteroatoms. The van der Waals surface area contributed by atoms with Gasteiger partial charge in [-0.25, -0.2) is 15.0 Å². The zero-order valence-corrected chi connectivity index (χ0v) is 13.1. The summed E-state index contributed by atoms with van der Waals surface area (Å²) in [6.07, 6.45) is 6.46. The van der Waals surface area contributed by atoms with E-state index in [4.69, 9.17) is 4.42 Å². The van der Waals surface area contributed by atoms with Crippen molar-refractivity contribution >= 4 is 11.3 Å². The van der Waals surface area contributed by atoms with Crippen molar-refractivity contribution in [1.29, 1.82) is 0 Å². The lowest BCUT2D eigenvalue weighted by atomic mass is 10.1. The molecule has 4 rings (SSSR count). The summed E-state index contributed by atoms with van der Waals surface area (Å²) in [6, 6.07) is 3.75. The molecule has 1 aliphatic rings. The SMILES string of the molecule is Cc1cnc(CN2CCc3nc(-c4ccco4)ncc3C2)s1. The summed E-state index contributed by atoms with van der Waals surface area (Å²) in [5, 5.41) is 1.18. The summed E-state index contributed by atoms with van der Waals surface area (Å²) in [5.41, 5.74) is 2.34. The van der Waals surface area contributed by atoms with Crippen molar-refractivity contribution in [1.82, 2.24) is 19.9 Å². The number of thiazole rings is 1. The van der Waals surface area contributed by atoms with Crippen LogP contribution in [0.4, 0.5) is 0 Å². The van der Waals surface area contributed by atoms with E-state index in [1.807, 2.05) is 24.5 Å². The van der Waals surface area contributed by atoms with Crippen LogP contribution in [0.15, 0.2) is 35.2 Å². The van der Waals surface area contributed by atoms with E-state index < -0.39 is 0 Å². The summed E-state index contributed by atoms with van der Waals surface area (Å²) in [6.45, 7) is 4.88. The van der Waals surface area contributed by atoms with E-state index >= 15 is 0 Å². The maximum atomic E-state index is 5.37. The van der Waals surface area contributed by atoms with Crippen molar-refractivity contribution in [2.24, 2.45) is 0 Å². The zero-order valence-electron chi connectivity index (χ0n) is 12.3. The van der Waals surface area contributed by atoms with Gasteiger partial charge < -0.3 is 4.42 Å². The number of aryl methyl sites for hydroxylation is 1. The molecule has 0 atom stereocenters. The maximum Gasteiger partial charge on any atom is 0.195 e. The first-order valence-corrected chi connectivity index (χ1v) is 8.12. The third kappa shape index (κ3) is 2.67. The van der Waals surface area contributed by atoms with Gasteiger partial charge in [-0.15, -0.1) is 11.3 Å². The predicted molar refractivity (Wildman–Crippen MR) is 84.4 cm³/mol. The molecule has 0 aromatic carbocycles. The number of hydrogen-bond donors (Lipinski definition) is 0. The molecule has 0 unspecified atom stereocenters. The molecular formula is C16H16N4OS. The monoisotopic (exact) mass is 312 g/mol. The van der Waals surface area contributed by atoms with E-state index in [2.05, 4.69) is 26.8 Å². The molecule has 5 nitrogen and oxygen atoms in total. The first kappa shape index (κ1) is 13.6. The van der Waals surface area contributed by atoms with Gasteiger partial charge in [0.2, 0.25) is 0 Å². The molecule has 0 radical (unpaired) electrons. The standard InChI is InChI=1S/C16H16N4OS/c1-11-7-17-15(22-11)10-20-5-4-13-12(9-20)8-18-16(19-13)14-3-2-6-21-14/h2-3,6-8H,4-5,9-10H2,1H3. The Kier molecular flexibility index (Phi) is 3.48. The molecule has 0 N–H and O–H groups in total. The van der Waals surface area contributed by atoms with Crippen LogP contribution in [0.1, 0.15) is 21.1 Å². The number of aromatic nitrogens is 3. The lowest BCUT2D eigenvalue weighted by Crippen LogP contribution is -2.30. The average molecular weight is 312 g/mol. The fourth-order valence-corrected chi connectivity index (χ4v) is 3.53. The van der Waals surface area contributed by atoms with Crippen LogP contribution in [0.3, 0.4) is 0 Å². The van der Waals surface area contributed by atoms with Crippen LogP contribution >= 0.6 is 11.3 Å². The third-order valence-electron chi connectivity index (χ3n) is 3.78. The molecule has 3 aromatic rings. The summed E-state index contributed by atoms with van der Waals surface area (Å²) >= 11 is 1.77. The van der Waals surface area contributed by atoms with Crippen LogP contribution < -0.4 is 0 Å². The van der Waals surface area contributed by atoms with Crippen molar-refractivity contribution in [3.05, 3.63) is 51.9 Å². The Balaban J connectivity index is 1.52. The van der Waals surface area contributed by atoms with Crippen LogP contribution in [0.2, 0.25) is 0 Å². The Morgan fingerprint density at radius 3 is 3.05 bits per heavy atom. The lowest BCUT2D eigenvalue weighted by Gasteiger charge is -2.27. The predicted octanol–water partition coefficient (Wildman–Crippen LogP) is 3.06. The molecule has 0 spiro atoms. The highest BCUT2D eigenvalue weighted by atomic mass is 32.1. The van der Waals surface area contributed by atoms with Crippen LogP contribution in [0.25, 0.3) is 11.6 Å². The first-order valence-electron chi connectivity index (χ1n) is 7.30. The Morgan fingerprint density at radius 2 is 2.27 bits per heavy atom. The number of hydrogen-bond acceptors (Lipinski definition) is 6. The fraction of sp³-hybridized carbons (Fsp3) is 0.312. The number of nitrogens with zero attached hydrogens (tertiary/aromatic N) is 4. The van der Waals surface area contributed by atoms with Crippen LogP contribution in [0, 0.1) is 6.92 Å². The van der Waals surface area contributed by atoms with Gasteiger partial charge in [0.15, 0.2) is 11.6 Å². The second kappa shape index (κ2) is 5.62. The quantitative estimate of drug-likeness (QED) is 0.744. The summed E-state index contributed by atoms with van der Waals surface area (Å²) in [7, 11) is 0. The van der Waals surface area contributed by atoms with Crippen molar-refractivity contribution in [3.63, 3.8) is 0 Å². The smallest absolute Gasteiger partial charge is 0.195 e. The largest absolute Gasteiger partial charge is 0.461 e. The van der Waals surface area contributed by atoms with Crippen LogP contribution in [-0.2, 0) is 19.5 Å². The molecule has 0 amide bonds. The minimum absolute atomic E-state index is 0.674. The highest BCUT2D eigenvalue weighted by molar-refractivity contribution is 7.11. The van der Waals surface area contributed by atoms with Gasteiger partial charge in [0.05, 0.1) is 18.5 Å². The Bertz CT molecular complexity index is 781. The topological polar surface area (TPSA) is 55.1 Å². The molecule has 112 valence electrons. The van der Waals surface area contributed by atoms with E-state index in [1.54, 1.807) is 17.6 Å². The first-order chi connectivity index (χ1) is 10.8. The maximum absolute atomic E-state index is 5.37. The Morgan fingerprint density at radius 1 is 1.32 bits per heavy atom. The molecule has 0 fully saturated rings. The molecule has 0 saturated heterocycles. The highest BCUT2D eigenvalue weighted by Gasteiger charge is 2.20. The van der Waals surface area contributed by atoms with Gasteiger partial charge in [0, 0.05) is 42.3 Å². The van der Waals surface area contributed by atoms with Crippen molar-refractivity contribution in [3.8, 4) is 11.6 Å². The van der Waals surface area contributed by atoms with Gasteiger partial charge >= 0.3 is 0 Å². The van der Waals surface area contributed by atoms with E-state index in [0.29, 0.717) is 5.82 Å². The molecule has 0 saturated carbocycles. The molecule has 0 aliphatic carbocycles. The lowest BCUT2D eigenvalue weighted by molar-refractivity contribution is 0.242. The van der Waals surface area contributed by atoms with E-state index in [9.17, 15) is 0 Å². The second-order valence-corrected chi connectivity index (χ2v) is 6.79. The molecule has 3 aromatic heterocycles. The summed E-state index contributed by atoms with van der Waals surface area (Å²) in [4.78, 5) is 17.2. The normalized spacial score (nSPS) is 15.0. The number of furan rings is 1. The van der Waals surface area contributed by atoms with E-state index in [-0.39, 0.29) is 0 Å². The Labute approximate surface area is 132 Å². The molecule has 1 aliphatic heterocycles. The molecule has 0 bridgehead atoms. The molecular weight excluding hydrogens is 296 g/mol. The minimum Gasteiger partial charge on any atom is -0.461 e. The van der Waals surface area contributed by atoms with Gasteiger partial charge in [-0.3, -0.25) is 4.90 Å². The highest BCUT2D eigenvalue weighted by Crippen LogP contribution is 2.23. The van der Waals surface area contributed by atoms with Gasteiger partial charge in [-0.2, -0.15) is 0 Å². The van der Waals surface area contributed by atoms with Gasteiger partial charge in [0.25, 0.3) is 0 Å². The number of rotatable bonds is 3. The zero-order chi connectivity index (χ0) is 14.9. The fourth-order valence-electron chi connectivity index (χ4n) is 2.70. The molecule has 4 heterocycles. The van der Waals surface area contributed by atoms with Crippen LogP contribution in [-0.4, -0.2) is 26.4 Å². The Hall–Kier alpha value is -2.05. The summed E-state index contributed by atoms with van der Waals surface area (Å²) in [5.74, 6) is 1.40. The average Bonchev–Trinajstić information content (AvgIpc) is 3.19. The summed E-state index contributed by atoms with van der Waals surface area (Å²) < 4.78 is 5.37. The third-order valence-corrected chi connectivity index (χ3v) is 4.68. The van der Waals surface area contributed by atoms with Gasteiger partial charge in [0.1, 0.15) is 5.01 Å². The van der Waals surface area contributed by atoms with E-state index in [1.165, 1.54) is 15.4 Å². The van der Waals surface area contributed by atoms with E-state index in [0.717, 1.165) is 37.5 Å². The second-order valence-electron chi connectivity index (χ2n) is 5.47.